The summed E-state index contributed by atoms with van der Waals surface area (Å²) in [6.45, 7) is 4.66. The molecule has 130 valence electrons. The van der Waals surface area contributed by atoms with Gasteiger partial charge in [0.15, 0.2) is 5.78 Å². The molecule has 1 saturated carbocycles. The normalized spacial score (nSPS) is 28.6. The lowest BCUT2D eigenvalue weighted by atomic mass is 9.70. The Kier molecular flexibility index (Phi) is 4.56. The van der Waals surface area contributed by atoms with Crippen LogP contribution in [0.5, 0.6) is 0 Å². The molecule has 1 aromatic rings. The molecule has 1 saturated heterocycles. The van der Waals surface area contributed by atoms with Crippen LogP contribution in [0.2, 0.25) is 0 Å². The van der Waals surface area contributed by atoms with Crippen molar-refractivity contribution in [3.63, 3.8) is 0 Å². The van der Waals surface area contributed by atoms with E-state index in [9.17, 15) is 14.9 Å². The Labute approximate surface area is 140 Å². The van der Waals surface area contributed by atoms with Crippen LogP contribution in [0.15, 0.2) is 18.2 Å². The van der Waals surface area contributed by atoms with Gasteiger partial charge in [-0.05, 0) is 45.2 Å². The van der Waals surface area contributed by atoms with Crippen LogP contribution < -0.4 is 5.32 Å². The summed E-state index contributed by atoms with van der Waals surface area (Å²) in [6.07, 6.45) is 2.62. The first kappa shape index (κ1) is 16.9. The molecular formula is C17H22N2O5. The average molecular weight is 334 g/mol. The summed E-state index contributed by atoms with van der Waals surface area (Å²) in [7, 11) is 0. The molecule has 0 bridgehead atoms. The summed E-state index contributed by atoms with van der Waals surface area (Å²) in [6, 6.07) is 4.51. The van der Waals surface area contributed by atoms with Gasteiger partial charge in [0.1, 0.15) is 11.3 Å². The molecule has 0 radical (unpaired) electrons. The van der Waals surface area contributed by atoms with Gasteiger partial charge in [-0.25, -0.2) is 0 Å². The fourth-order valence-electron chi connectivity index (χ4n) is 3.69. The first-order valence-electron chi connectivity index (χ1n) is 8.29. The van der Waals surface area contributed by atoms with Gasteiger partial charge in [-0.3, -0.25) is 14.9 Å². The Balaban J connectivity index is 1.83. The van der Waals surface area contributed by atoms with E-state index in [1.54, 1.807) is 12.1 Å². The molecule has 24 heavy (non-hydrogen) atoms. The highest BCUT2D eigenvalue weighted by molar-refractivity contribution is 5.95. The number of Topliss-reactive ketones (excluding diaryl/α,β-unsaturated/α-hetero) is 1. The fraction of sp³-hybridized carbons (Fsp3) is 0.588. The van der Waals surface area contributed by atoms with Crippen LogP contribution in [-0.2, 0) is 9.47 Å². The van der Waals surface area contributed by atoms with E-state index in [-0.39, 0.29) is 23.6 Å². The largest absolute Gasteiger partial charge is 0.375 e. The molecule has 1 heterocycles. The van der Waals surface area contributed by atoms with Gasteiger partial charge in [0, 0.05) is 24.8 Å². The summed E-state index contributed by atoms with van der Waals surface area (Å²) in [5.41, 5.74) is 0.263. The van der Waals surface area contributed by atoms with Gasteiger partial charge in [-0.2, -0.15) is 0 Å². The molecule has 2 fully saturated rings. The number of rotatable bonds is 6. The summed E-state index contributed by atoms with van der Waals surface area (Å²) in [5.74, 6) is -0.194. The third-order valence-electron chi connectivity index (χ3n) is 4.97. The maximum absolute atomic E-state index is 11.5. The molecule has 7 heteroatoms. The molecule has 2 aliphatic rings. The standard InChI is InChI=1S/C17H22N2O5/c1-3-23-16-10-15(17(16)7-4-8-24-17)18-13-6-5-12(11(2)20)9-14(13)19(21)22/h5-6,9,15-16,18H,3-4,7-8,10H2,1-2H3/t15-,16-,17+/m1/s1. The van der Waals surface area contributed by atoms with Gasteiger partial charge in [-0.1, -0.05) is 0 Å². The van der Waals surface area contributed by atoms with Crippen LogP contribution in [0.3, 0.4) is 0 Å². The second-order valence-electron chi connectivity index (χ2n) is 6.33. The highest BCUT2D eigenvalue weighted by atomic mass is 16.6. The number of carbonyl (C=O) groups is 1. The molecule has 1 aliphatic carbocycles. The van der Waals surface area contributed by atoms with E-state index in [4.69, 9.17) is 9.47 Å². The van der Waals surface area contributed by atoms with E-state index in [1.165, 1.54) is 13.0 Å². The van der Waals surface area contributed by atoms with Crippen molar-refractivity contribution >= 4 is 17.2 Å². The maximum atomic E-state index is 11.5. The molecule has 1 spiro atoms. The number of anilines is 1. The molecule has 1 aromatic carbocycles. The Bertz CT molecular complexity index is 654. The third-order valence-corrected chi connectivity index (χ3v) is 4.97. The Hall–Kier alpha value is -1.99. The van der Waals surface area contributed by atoms with Gasteiger partial charge < -0.3 is 14.8 Å². The van der Waals surface area contributed by atoms with E-state index < -0.39 is 10.5 Å². The minimum absolute atomic E-state index is 0.0260. The van der Waals surface area contributed by atoms with Crippen LogP contribution in [0.25, 0.3) is 0 Å². The first-order chi connectivity index (χ1) is 11.5. The predicted octanol–water partition coefficient (Wildman–Crippen LogP) is 2.94. The fourth-order valence-corrected chi connectivity index (χ4v) is 3.69. The predicted molar refractivity (Wildman–Crippen MR) is 88.5 cm³/mol. The van der Waals surface area contributed by atoms with Gasteiger partial charge in [0.2, 0.25) is 0 Å². The monoisotopic (exact) mass is 334 g/mol. The number of hydrogen-bond donors (Lipinski definition) is 1. The van der Waals surface area contributed by atoms with Crippen LogP contribution in [-0.4, -0.2) is 41.7 Å². The smallest absolute Gasteiger partial charge is 0.293 e. The van der Waals surface area contributed by atoms with Gasteiger partial charge >= 0.3 is 0 Å². The molecule has 1 N–H and O–H groups in total. The van der Waals surface area contributed by atoms with Crippen molar-refractivity contribution in [2.45, 2.75) is 50.9 Å². The molecule has 7 nitrogen and oxygen atoms in total. The summed E-state index contributed by atoms with van der Waals surface area (Å²) < 4.78 is 11.7. The van der Waals surface area contributed by atoms with Crippen LogP contribution in [0.1, 0.15) is 43.5 Å². The summed E-state index contributed by atoms with van der Waals surface area (Å²) in [5, 5.41) is 14.6. The molecule has 3 rings (SSSR count). The Morgan fingerprint density at radius 1 is 1.54 bits per heavy atom. The minimum Gasteiger partial charge on any atom is -0.375 e. The van der Waals surface area contributed by atoms with Crippen LogP contribution >= 0.6 is 0 Å². The second kappa shape index (κ2) is 6.49. The average Bonchev–Trinajstić information content (AvgIpc) is 3.06. The van der Waals surface area contributed by atoms with Crippen molar-refractivity contribution in [2.24, 2.45) is 0 Å². The van der Waals surface area contributed by atoms with Crippen LogP contribution in [0, 0.1) is 10.1 Å². The van der Waals surface area contributed by atoms with Crippen molar-refractivity contribution in [1.82, 2.24) is 0 Å². The zero-order valence-corrected chi connectivity index (χ0v) is 13.9. The number of nitro benzene ring substituents is 1. The molecule has 0 amide bonds. The molecule has 1 aliphatic heterocycles. The quantitative estimate of drug-likeness (QED) is 0.489. The van der Waals surface area contributed by atoms with Crippen molar-refractivity contribution in [1.29, 1.82) is 0 Å². The van der Waals surface area contributed by atoms with Crippen molar-refractivity contribution in [3.05, 3.63) is 33.9 Å². The number of benzene rings is 1. The van der Waals surface area contributed by atoms with Gasteiger partial charge in [0.25, 0.3) is 5.69 Å². The lowest BCUT2D eigenvalue weighted by molar-refractivity contribution is -0.384. The SMILES string of the molecule is CCO[C@@H]1C[C@@H](Nc2ccc(C(C)=O)cc2[N+](=O)[O-])[C@@]12CCCO2. The minimum atomic E-state index is -0.463. The zero-order chi connectivity index (χ0) is 17.3. The number of nitrogens with zero attached hydrogens (tertiary/aromatic N) is 1. The van der Waals surface area contributed by atoms with E-state index in [2.05, 4.69) is 5.32 Å². The number of carbonyl (C=O) groups excluding carboxylic acids is 1. The highest BCUT2D eigenvalue weighted by Crippen LogP contribution is 2.47. The number of hydrogen-bond acceptors (Lipinski definition) is 6. The molecule has 3 atom stereocenters. The van der Waals surface area contributed by atoms with Crippen molar-refractivity contribution in [3.8, 4) is 0 Å². The Morgan fingerprint density at radius 2 is 2.33 bits per heavy atom. The third kappa shape index (κ3) is 2.78. The number of ketones is 1. The summed E-state index contributed by atoms with van der Waals surface area (Å²) >= 11 is 0. The highest BCUT2D eigenvalue weighted by Gasteiger charge is 2.59. The topological polar surface area (TPSA) is 90.7 Å². The maximum Gasteiger partial charge on any atom is 0.293 e. The first-order valence-corrected chi connectivity index (χ1v) is 8.29. The van der Waals surface area contributed by atoms with E-state index in [1.807, 2.05) is 6.92 Å². The van der Waals surface area contributed by atoms with Gasteiger partial charge in [0.05, 0.1) is 17.1 Å². The number of nitro groups is 1. The molecule has 0 unspecified atom stereocenters. The Morgan fingerprint density at radius 3 is 2.92 bits per heavy atom. The molecular weight excluding hydrogens is 312 g/mol. The van der Waals surface area contributed by atoms with E-state index >= 15 is 0 Å². The number of nitrogens with one attached hydrogen (secondary N) is 1. The summed E-state index contributed by atoms with van der Waals surface area (Å²) in [4.78, 5) is 22.4. The lowest BCUT2D eigenvalue weighted by Gasteiger charge is -2.52. The van der Waals surface area contributed by atoms with Gasteiger partial charge in [-0.15, -0.1) is 0 Å². The van der Waals surface area contributed by atoms with Crippen molar-refractivity contribution < 1.29 is 19.2 Å². The molecule has 0 aromatic heterocycles. The van der Waals surface area contributed by atoms with Crippen LogP contribution in [0.4, 0.5) is 11.4 Å². The second-order valence-corrected chi connectivity index (χ2v) is 6.33. The lowest BCUT2D eigenvalue weighted by Crippen LogP contribution is -2.66. The van der Waals surface area contributed by atoms with E-state index in [0.717, 1.165) is 19.3 Å². The van der Waals surface area contributed by atoms with E-state index in [0.29, 0.717) is 24.5 Å². The number of ether oxygens (including phenoxy) is 2. The van der Waals surface area contributed by atoms with Crippen molar-refractivity contribution in [2.75, 3.05) is 18.5 Å². The zero-order valence-electron chi connectivity index (χ0n) is 13.9.